The van der Waals surface area contributed by atoms with Gasteiger partial charge in [-0.2, -0.15) is 0 Å². The van der Waals surface area contributed by atoms with Crippen molar-refractivity contribution in [2.24, 2.45) is 0 Å². The second kappa shape index (κ2) is 2.91. The van der Waals surface area contributed by atoms with Crippen molar-refractivity contribution >= 4 is 26.7 Å². The number of hydrogen-bond donors (Lipinski definition) is 2. The highest BCUT2D eigenvalue weighted by atomic mass is 127. The molecule has 0 spiro atoms. The minimum absolute atomic E-state index is 0.509. The fourth-order valence-electron chi connectivity index (χ4n) is 0.526. The fourth-order valence-corrected chi connectivity index (χ4v) is 1.24. The first-order valence-corrected chi connectivity index (χ1v) is 4.65. The van der Waals surface area contributed by atoms with E-state index >= 15 is 0 Å². The number of halogens is 1. The van der Waals surface area contributed by atoms with Crippen molar-refractivity contribution < 1.29 is 0 Å². The van der Waals surface area contributed by atoms with Gasteiger partial charge in [0.1, 0.15) is 0 Å². The summed E-state index contributed by atoms with van der Waals surface area (Å²) in [7, 11) is 0. The van der Waals surface area contributed by atoms with Gasteiger partial charge in [0.2, 0.25) is 0 Å². The minimum atomic E-state index is -0.509. The highest BCUT2D eigenvalue weighted by Gasteiger charge is 1.84. The lowest BCUT2D eigenvalue weighted by Gasteiger charge is -1.90. The molecule has 0 bridgehead atoms. The first-order valence-electron chi connectivity index (χ1n) is 2.49. The molecule has 0 aliphatic heterocycles. The van der Waals surface area contributed by atoms with Crippen molar-refractivity contribution in [3.05, 3.63) is 27.8 Å². The Kier molecular flexibility index (Phi) is 2.16. The third-order valence-electron chi connectivity index (χ3n) is 0.979. The molecule has 0 atom stereocenters. The van der Waals surface area contributed by atoms with Gasteiger partial charge in [0.15, 0.2) is 0 Å². The second-order valence-electron chi connectivity index (χ2n) is 1.65. The summed E-state index contributed by atoms with van der Waals surface area (Å²) in [4.78, 5) is 0. The van der Waals surface area contributed by atoms with Crippen molar-refractivity contribution in [3.63, 3.8) is 0 Å². The first kappa shape index (κ1) is 6.67. The molecule has 0 saturated heterocycles. The molecule has 48 valence electrons. The highest BCUT2D eigenvalue weighted by Crippen LogP contribution is 2.11. The number of anilines is 1. The number of rotatable bonds is 1. The van der Waals surface area contributed by atoms with Crippen LogP contribution in [0, 0.1) is 7.13 Å². The van der Waals surface area contributed by atoms with Crippen LogP contribution in [0.2, 0.25) is 0 Å². The van der Waals surface area contributed by atoms with Gasteiger partial charge >= 0.3 is 0 Å². The van der Waals surface area contributed by atoms with Crippen LogP contribution in [0.4, 0.5) is 5.69 Å². The molecule has 2 nitrogen and oxygen atoms in total. The van der Waals surface area contributed by atoms with E-state index in [1.165, 1.54) is 0 Å². The van der Waals surface area contributed by atoms with E-state index in [1.807, 2.05) is 24.3 Å². The smallest absolute Gasteiger partial charge is 0.0314 e. The van der Waals surface area contributed by atoms with E-state index in [1.54, 1.807) is 0 Å². The predicted molar refractivity (Wildman–Crippen MR) is 46.3 cm³/mol. The first-order chi connectivity index (χ1) is 4.33. The van der Waals surface area contributed by atoms with Crippen molar-refractivity contribution in [1.82, 2.24) is 0 Å². The largest absolute Gasteiger partial charge is 0.399 e. The predicted octanol–water partition coefficient (Wildman–Crippen LogP) is 2.17. The molecule has 0 radical (unpaired) electrons. The maximum Gasteiger partial charge on any atom is 0.0314 e. The van der Waals surface area contributed by atoms with Gasteiger partial charge in [0.05, 0.1) is 0 Å². The van der Waals surface area contributed by atoms with Crippen LogP contribution in [0.1, 0.15) is 0 Å². The minimum Gasteiger partial charge on any atom is -0.399 e. The number of nitrogens with two attached hydrogens (primary N) is 1. The van der Waals surface area contributed by atoms with Gasteiger partial charge < -0.3 is 5.73 Å². The molecule has 3 heteroatoms. The third kappa shape index (κ3) is 1.74. The van der Waals surface area contributed by atoms with Crippen molar-refractivity contribution in [1.29, 1.82) is 3.56 Å². The van der Waals surface area contributed by atoms with E-state index in [-0.39, 0.29) is 0 Å². The summed E-state index contributed by atoms with van der Waals surface area (Å²) in [5, 5.41) is 0. The standard InChI is InChI=1S/C6H7IN2/c8-6-3-1-5(7-9)2-4-6/h1-4,9H,8H2. The van der Waals surface area contributed by atoms with E-state index < -0.39 is 21.0 Å². The average Bonchev–Trinajstić information content (AvgIpc) is 1.90. The third-order valence-corrected chi connectivity index (χ3v) is 2.32. The molecular weight excluding hydrogens is 227 g/mol. The van der Waals surface area contributed by atoms with Gasteiger partial charge in [-0.3, -0.25) is 3.56 Å². The normalized spacial score (nSPS) is 9.33. The Balaban J connectivity index is 3.01. The van der Waals surface area contributed by atoms with E-state index in [0.717, 1.165) is 9.26 Å². The summed E-state index contributed by atoms with van der Waals surface area (Å²) in [6, 6.07) is 7.50. The van der Waals surface area contributed by atoms with E-state index in [4.69, 9.17) is 9.30 Å². The summed E-state index contributed by atoms with van der Waals surface area (Å²) < 4.78 is 8.20. The Morgan fingerprint density at radius 2 is 1.78 bits per heavy atom. The van der Waals surface area contributed by atoms with Gasteiger partial charge in [-0.25, -0.2) is 0 Å². The van der Waals surface area contributed by atoms with Gasteiger partial charge in [-0.15, -0.1) is 0 Å². The summed E-state index contributed by atoms with van der Waals surface area (Å²) in [6.07, 6.45) is 0. The lowest BCUT2D eigenvalue weighted by Crippen LogP contribution is -1.81. The molecule has 1 aromatic rings. The van der Waals surface area contributed by atoms with Crippen LogP contribution in [0.3, 0.4) is 0 Å². The quantitative estimate of drug-likeness (QED) is 0.567. The van der Waals surface area contributed by atoms with E-state index in [2.05, 4.69) is 0 Å². The van der Waals surface area contributed by atoms with Crippen LogP contribution in [0.25, 0.3) is 0 Å². The second-order valence-corrected chi connectivity index (χ2v) is 3.43. The summed E-state index contributed by atoms with van der Waals surface area (Å²) in [5.74, 6) is 0. The molecule has 0 aromatic heterocycles. The number of nitrogens with one attached hydrogen (secondary N) is 1. The molecule has 0 aliphatic carbocycles. The van der Waals surface area contributed by atoms with Crippen LogP contribution in [0.5, 0.6) is 0 Å². The molecule has 0 saturated carbocycles. The molecular formula is C6H7IN2. The Hall–Kier alpha value is -0.450. The van der Waals surface area contributed by atoms with Crippen LogP contribution in [-0.4, -0.2) is 0 Å². The average molecular weight is 234 g/mol. The fraction of sp³-hybridized carbons (Fsp3) is 0. The zero-order valence-electron chi connectivity index (χ0n) is 4.76. The van der Waals surface area contributed by atoms with Crippen molar-refractivity contribution in [2.75, 3.05) is 5.73 Å². The van der Waals surface area contributed by atoms with Crippen LogP contribution < -0.4 is 5.73 Å². The molecule has 9 heavy (non-hydrogen) atoms. The SMILES string of the molecule is N=Ic1ccc(N)cc1. The number of nitrogen functional groups attached to an aromatic ring is 1. The number of hydrogen-bond acceptors (Lipinski definition) is 2. The maximum absolute atomic E-state index is 7.08. The molecule has 0 unspecified atom stereocenters. The van der Waals surface area contributed by atoms with Gasteiger partial charge in [-0.05, 0) is 24.3 Å². The Bertz CT molecular complexity index is 205. The number of benzene rings is 1. The van der Waals surface area contributed by atoms with Crippen molar-refractivity contribution in [2.45, 2.75) is 0 Å². The Labute approximate surface area is 64.0 Å². The van der Waals surface area contributed by atoms with E-state index in [9.17, 15) is 0 Å². The highest BCUT2D eigenvalue weighted by molar-refractivity contribution is 14.2. The molecule has 0 aliphatic rings. The van der Waals surface area contributed by atoms with Crippen LogP contribution in [0.15, 0.2) is 24.3 Å². The summed E-state index contributed by atoms with van der Waals surface area (Å²) in [6.45, 7) is 0. The molecule has 1 aromatic carbocycles. The molecule has 0 heterocycles. The topological polar surface area (TPSA) is 49.9 Å². The molecule has 1 rings (SSSR count). The summed E-state index contributed by atoms with van der Waals surface area (Å²) in [5.41, 5.74) is 6.21. The van der Waals surface area contributed by atoms with Gasteiger partial charge in [0, 0.05) is 30.3 Å². The Morgan fingerprint density at radius 1 is 1.22 bits per heavy atom. The summed E-state index contributed by atoms with van der Waals surface area (Å²) >= 11 is -0.509. The van der Waals surface area contributed by atoms with Gasteiger partial charge in [0.25, 0.3) is 0 Å². The molecule has 0 fully saturated rings. The van der Waals surface area contributed by atoms with Gasteiger partial charge in [-0.1, -0.05) is 0 Å². The molecule has 0 amide bonds. The molecule has 3 N–H and O–H groups in total. The zero-order valence-corrected chi connectivity index (χ0v) is 6.92. The monoisotopic (exact) mass is 234 g/mol. The maximum atomic E-state index is 7.08. The lowest BCUT2D eigenvalue weighted by molar-refractivity contribution is 1.63. The van der Waals surface area contributed by atoms with E-state index in [0.29, 0.717) is 0 Å². The lowest BCUT2D eigenvalue weighted by atomic mass is 10.3. The van der Waals surface area contributed by atoms with Crippen LogP contribution >= 0.6 is 21.0 Å². The zero-order chi connectivity index (χ0) is 6.69. The Morgan fingerprint density at radius 3 is 2.22 bits per heavy atom. The van der Waals surface area contributed by atoms with Crippen molar-refractivity contribution in [3.8, 4) is 0 Å². The van der Waals surface area contributed by atoms with Crippen LogP contribution in [-0.2, 0) is 0 Å².